The molecule has 1 N–H and O–H groups in total. The van der Waals surface area contributed by atoms with Crippen LogP contribution in [0.1, 0.15) is 57.8 Å². The van der Waals surface area contributed by atoms with Crippen LogP contribution in [0.25, 0.3) is 0 Å². The van der Waals surface area contributed by atoms with Crippen molar-refractivity contribution in [3.05, 3.63) is 0 Å². The van der Waals surface area contributed by atoms with Gasteiger partial charge in [0.15, 0.2) is 0 Å². The van der Waals surface area contributed by atoms with Gasteiger partial charge in [-0.1, -0.05) is 38.5 Å². The molecule has 1 heterocycles. The predicted molar refractivity (Wildman–Crippen MR) is 72.2 cm³/mol. The maximum Gasteiger partial charge on any atom is 0.0334 e. The summed E-state index contributed by atoms with van der Waals surface area (Å²) in [6.07, 6.45) is 13.3. The summed E-state index contributed by atoms with van der Waals surface area (Å²) in [6, 6.07) is 0. The summed E-state index contributed by atoms with van der Waals surface area (Å²) in [7, 11) is 0. The lowest BCUT2D eigenvalue weighted by Gasteiger charge is -2.46. The first kappa shape index (κ1) is 12.0. The second-order valence-corrected chi connectivity index (χ2v) is 6.53. The minimum absolute atomic E-state index is 0.566. The fraction of sp³-hybridized carbons (Fsp3) is 1.00. The van der Waals surface area contributed by atoms with Crippen molar-refractivity contribution in [3.8, 4) is 0 Å². The summed E-state index contributed by atoms with van der Waals surface area (Å²) in [5, 5.41) is 3.63. The molecule has 0 bridgehead atoms. The lowest BCUT2D eigenvalue weighted by molar-refractivity contribution is 0.0593. The van der Waals surface area contributed by atoms with Crippen LogP contribution in [0.4, 0.5) is 0 Å². The highest BCUT2D eigenvalue weighted by Gasteiger charge is 2.40. The Hall–Kier alpha value is -0.0800. The SMILES string of the molecule is C1CCC(CCN2CCNCC23CCCC3)C1. The van der Waals surface area contributed by atoms with Gasteiger partial charge in [0.25, 0.3) is 0 Å². The van der Waals surface area contributed by atoms with E-state index in [-0.39, 0.29) is 0 Å². The summed E-state index contributed by atoms with van der Waals surface area (Å²) in [5.41, 5.74) is 0.566. The number of hydrogen-bond acceptors (Lipinski definition) is 2. The molecule has 0 aromatic heterocycles. The topological polar surface area (TPSA) is 15.3 Å². The largest absolute Gasteiger partial charge is 0.314 e. The van der Waals surface area contributed by atoms with Crippen molar-refractivity contribution >= 4 is 0 Å². The molecular weight excluding hydrogens is 208 g/mol. The number of nitrogens with one attached hydrogen (secondary N) is 1. The molecule has 3 rings (SSSR count). The van der Waals surface area contributed by atoms with E-state index in [4.69, 9.17) is 0 Å². The minimum atomic E-state index is 0.566. The lowest BCUT2D eigenvalue weighted by Crippen LogP contribution is -2.60. The second-order valence-electron chi connectivity index (χ2n) is 6.53. The van der Waals surface area contributed by atoms with E-state index in [0.29, 0.717) is 5.54 Å². The maximum absolute atomic E-state index is 3.63. The third-order valence-electron chi connectivity index (χ3n) is 5.50. The monoisotopic (exact) mass is 236 g/mol. The number of nitrogens with zero attached hydrogens (tertiary/aromatic N) is 1. The van der Waals surface area contributed by atoms with Crippen molar-refractivity contribution in [1.29, 1.82) is 0 Å². The first-order valence-electron chi connectivity index (χ1n) is 7.85. The molecule has 0 radical (unpaired) electrons. The van der Waals surface area contributed by atoms with Gasteiger partial charge >= 0.3 is 0 Å². The van der Waals surface area contributed by atoms with Gasteiger partial charge in [0.05, 0.1) is 0 Å². The van der Waals surface area contributed by atoms with Crippen molar-refractivity contribution < 1.29 is 0 Å². The summed E-state index contributed by atoms with van der Waals surface area (Å²) < 4.78 is 0. The summed E-state index contributed by atoms with van der Waals surface area (Å²) in [5.74, 6) is 1.06. The quantitative estimate of drug-likeness (QED) is 0.810. The van der Waals surface area contributed by atoms with Gasteiger partial charge in [-0.15, -0.1) is 0 Å². The van der Waals surface area contributed by atoms with E-state index in [1.54, 1.807) is 0 Å². The van der Waals surface area contributed by atoms with E-state index < -0.39 is 0 Å². The van der Waals surface area contributed by atoms with Crippen LogP contribution in [0, 0.1) is 5.92 Å². The second kappa shape index (κ2) is 5.27. The summed E-state index contributed by atoms with van der Waals surface area (Å²) in [6.45, 7) is 5.16. The first-order chi connectivity index (χ1) is 8.39. The van der Waals surface area contributed by atoms with Crippen LogP contribution >= 0.6 is 0 Å². The van der Waals surface area contributed by atoms with Crippen molar-refractivity contribution in [2.45, 2.75) is 63.3 Å². The zero-order valence-electron chi connectivity index (χ0n) is 11.2. The van der Waals surface area contributed by atoms with Crippen LogP contribution in [0.5, 0.6) is 0 Å². The van der Waals surface area contributed by atoms with Crippen molar-refractivity contribution in [2.24, 2.45) is 5.92 Å². The Kier molecular flexibility index (Phi) is 3.72. The van der Waals surface area contributed by atoms with Crippen LogP contribution in [-0.4, -0.2) is 36.6 Å². The summed E-state index contributed by atoms with van der Waals surface area (Å²) >= 11 is 0. The molecule has 1 aliphatic heterocycles. The standard InChI is InChI=1S/C15H28N2/c1-2-6-14(5-1)7-11-17-12-10-16-13-15(17)8-3-4-9-15/h14,16H,1-13H2. The van der Waals surface area contributed by atoms with Crippen LogP contribution in [0.2, 0.25) is 0 Å². The third-order valence-corrected chi connectivity index (χ3v) is 5.50. The van der Waals surface area contributed by atoms with Crippen molar-refractivity contribution in [1.82, 2.24) is 10.2 Å². The molecule has 2 heteroatoms. The Bertz CT molecular complexity index is 239. The lowest BCUT2D eigenvalue weighted by atomic mass is 9.91. The molecule has 2 saturated carbocycles. The molecule has 1 spiro atoms. The van der Waals surface area contributed by atoms with E-state index in [1.807, 2.05) is 0 Å². The molecule has 0 aromatic rings. The molecule has 1 saturated heterocycles. The van der Waals surface area contributed by atoms with Gasteiger partial charge in [-0.05, 0) is 31.7 Å². The summed E-state index contributed by atoms with van der Waals surface area (Å²) in [4.78, 5) is 2.86. The number of hydrogen-bond donors (Lipinski definition) is 1. The number of rotatable bonds is 3. The Morgan fingerprint density at radius 1 is 1.06 bits per heavy atom. The smallest absolute Gasteiger partial charge is 0.0334 e. The van der Waals surface area contributed by atoms with E-state index >= 15 is 0 Å². The van der Waals surface area contributed by atoms with E-state index in [0.717, 1.165) is 5.92 Å². The molecule has 3 fully saturated rings. The molecule has 0 aromatic carbocycles. The average Bonchev–Trinajstić information content (AvgIpc) is 3.00. The highest BCUT2D eigenvalue weighted by atomic mass is 15.3. The van der Waals surface area contributed by atoms with E-state index in [9.17, 15) is 0 Å². The molecule has 17 heavy (non-hydrogen) atoms. The van der Waals surface area contributed by atoms with E-state index in [2.05, 4.69) is 10.2 Å². The average molecular weight is 236 g/mol. The zero-order chi connectivity index (χ0) is 11.6. The Morgan fingerprint density at radius 2 is 1.82 bits per heavy atom. The fourth-order valence-corrected chi connectivity index (χ4v) is 4.40. The van der Waals surface area contributed by atoms with Crippen LogP contribution < -0.4 is 5.32 Å². The Morgan fingerprint density at radius 3 is 2.59 bits per heavy atom. The molecule has 98 valence electrons. The van der Waals surface area contributed by atoms with E-state index in [1.165, 1.54) is 84.0 Å². The van der Waals surface area contributed by atoms with Gasteiger partial charge < -0.3 is 5.32 Å². The van der Waals surface area contributed by atoms with Gasteiger partial charge in [0.1, 0.15) is 0 Å². The first-order valence-corrected chi connectivity index (χ1v) is 7.85. The van der Waals surface area contributed by atoms with Crippen LogP contribution in [0.3, 0.4) is 0 Å². The highest BCUT2D eigenvalue weighted by Crippen LogP contribution is 2.37. The molecule has 0 atom stereocenters. The Labute approximate surface area is 106 Å². The van der Waals surface area contributed by atoms with Gasteiger partial charge in [-0.25, -0.2) is 0 Å². The van der Waals surface area contributed by atoms with Gasteiger partial charge in [-0.2, -0.15) is 0 Å². The Balaban J connectivity index is 1.55. The van der Waals surface area contributed by atoms with Gasteiger partial charge in [-0.3, -0.25) is 4.90 Å². The van der Waals surface area contributed by atoms with Crippen molar-refractivity contribution in [2.75, 3.05) is 26.2 Å². The third kappa shape index (κ3) is 2.53. The zero-order valence-corrected chi connectivity index (χ0v) is 11.2. The fourth-order valence-electron chi connectivity index (χ4n) is 4.40. The van der Waals surface area contributed by atoms with Gasteiger partial charge in [0.2, 0.25) is 0 Å². The molecule has 0 unspecified atom stereocenters. The normalized spacial score (nSPS) is 30.4. The highest BCUT2D eigenvalue weighted by molar-refractivity contribution is 4.99. The molecular formula is C15H28N2. The van der Waals surface area contributed by atoms with Crippen LogP contribution in [0.15, 0.2) is 0 Å². The van der Waals surface area contributed by atoms with Crippen molar-refractivity contribution in [3.63, 3.8) is 0 Å². The van der Waals surface area contributed by atoms with Crippen LogP contribution in [-0.2, 0) is 0 Å². The molecule has 3 aliphatic rings. The minimum Gasteiger partial charge on any atom is -0.314 e. The van der Waals surface area contributed by atoms with Gasteiger partial charge in [0, 0.05) is 25.2 Å². The molecule has 2 aliphatic carbocycles. The molecule has 0 amide bonds. The number of piperazine rings is 1. The predicted octanol–water partition coefficient (Wildman–Crippen LogP) is 2.78. The molecule has 2 nitrogen and oxygen atoms in total. The maximum atomic E-state index is 3.63.